The van der Waals surface area contributed by atoms with Crippen LogP contribution in [0.25, 0.3) is 11.5 Å². The molecule has 0 N–H and O–H groups in total. The summed E-state index contributed by atoms with van der Waals surface area (Å²) in [4.78, 5) is 9.36. The Kier molecular flexibility index (Phi) is 5.08. The van der Waals surface area contributed by atoms with E-state index < -0.39 is 0 Å². The van der Waals surface area contributed by atoms with Gasteiger partial charge in [0.1, 0.15) is 12.1 Å². The summed E-state index contributed by atoms with van der Waals surface area (Å²) >= 11 is 0. The topological polar surface area (TPSA) is 32.5 Å². The molecule has 1 aromatic carbocycles. The summed E-state index contributed by atoms with van der Waals surface area (Å²) < 4.78 is 18.5. The molecule has 0 saturated carbocycles. The van der Waals surface area contributed by atoms with Gasteiger partial charge in [0, 0.05) is 24.7 Å². The van der Waals surface area contributed by atoms with Crippen molar-refractivity contribution >= 4 is 0 Å². The van der Waals surface area contributed by atoms with Crippen molar-refractivity contribution in [2.24, 2.45) is 0 Å². The number of aromatic nitrogens is 1. The van der Waals surface area contributed by atoms with E-state index in [1.54, 1.807) is 18.4 Å². The fourth-order valence-electron chi connectivity index (χ4n) is 3.32. The van der Waals surface area contributed by atoms with Gasteiger partial charge < -0.3 is 4.42 Å². The van der Waals surface area contributed by atoms with Gasteiger partial charge in [-0.15, -0.1) is 0 Å². The highest BCUT2D eigenvalue weighted by atomic mass is 19.1. The van der Waals surface area contributed by atoms with Gasteiger partial charge in [0.2, 0.25) is 5.89 Å². The molecule has 0 amide bonds. The third-order valence-corrected chi connectivity index (χ3v) is 4.50. The lowest BCUT2D eigenvalue weighted by Crippen LogP contribution is -2.38. The standard InChI is InChI=1S/C18H24FN3O/c1-3-22-10-4-5-17(22)12-21(2)11-16-13-23-18(20-16)14-6-8-15(19)9-7-14/h6-9,13,17H,3-5,10-12H2,1-2H3/t17-/m0/s1. The summed E-state index contributed by atoms with van der Waals surface area (Å²) in [5, 5.41) is 0. The molecular weight excluding hydrogens is 293 g/mol. The molecule has 2 heterocycles. The van der Waals surface area contributed by atoms with E-state index >= 15 is 0 Å². The van der Waals surface area contributed by atoms with Crippen molar-refractivity contribution in [3.05, 3.63) is 42.0 Å². The first-order valence-corrected chi connectivity index (χ1v) is 8.28. The SMILES string of the molecule is CCN1CCC[C@H]1CN(C)Cc1coc(-c2ccc(F)cc2)n1. The molecule has 1 saturated heterocycles. The molecule has 3 rings (SSSR count). The largest absolute Gasteiger partial charge is 0.444 e. The second-order valence-corrected chi connectivity index (χ2v) is 6.27. The first-order valence-electron chi connectivity index (χ1n) is 8.28. The summed E-state index contributed by atoms with van der Waals surface area (Å²) in [6.07, 6.45) is 4.27. The molecule has 4 nitrogen and oxygen atoms in total. The van der Waals surface area contributed by atoms with Crippen molar-refractivity contribution < 1.29 is 8.81 Å². The molecule has 23 heavy (non-hydrogen) atoms. The van der Waals surface area contributed by atoms with Crippen molar-refractivity contribution in [3.8, 4) is 11.5 Å². The van der Waals surface area contributed by atoms with Crippen LogP contribution in [0, 0.1) is 5.82 Å². The highest BCUT2D eigenvalue weighted by molar-refractivity contribution is 5.52. The Balaban J connectivity index is 1.59. The molecule has 124 valence electrons. The second kappa shape index (κ2) is 7.23. The number of rotatable bonds is 6. The fourth-order valence-corrected chi connectivity index (χ4v) is 3.32. The predicted octanol–water partition coefficient (Wildman–Crippen LogP) is 3.40. The molecule has 0 unspecified atom stereocenters. The van der Waals surface area contributed by atoms with Crippen molar-refractivity contribution in [2.45, 2.75) is 32.4 Å². The van der Waals surface area contributed by atoms with Gasteiger partial charge >= 0.3 is 0 Å². The maximum absolute atomic E-state index is 13.0. The van der Waals surface area contributed by atoms with Crippen molar-refractivity contribution in [3.63, 3.8) is 0 Å². The molecule has 0 spiro atoms. The van der Waals surface area contributed by atoms with Crippen LogP contribution >= 0.6 is 0 Å². The van der Waals surface area contributed by atoms with Gasteiger partial charge in [0.05, 0.1) is 5.69 Å². The van der Waals surface area contributed by atoms with Crippen LogP contribution in [0.2, 0.25) is 0 Å². The van der Waals surface area contributed by atoms with Gasteiger partial charge in [-0.3, -0.25) is 9.80 Å². The zero-order chi connectivity index (χ0) is 16.2. The van der Waals surface area contributed by atoms with E-state index in [4.69, 9.17) is 4.42 Å². The highest BCUT2D eigenvalue weighted by Gasteiger charge is 2.24. The zero-order valence-corrected chi connectivity index (χ0v) is 13.8. The number of likely N-dealkylation sites (N-methyl/N-ethyl adjacent to an activating group) is 2. The number of hydrogen-bond donors (Lipinski definition) is 0. The molecule has 0 aliphatic carbocycles. The van der Waals surface area contributed by atoms with Gasteiger partial charge in [-0.2, -0.15) is 0 Å². The van der Waals surface area contributed by atoms with Crippen LogP contribution in [-0.4, -0.2) is 47.5 Å². The highest BCUT2D eigenvalue weighted by Crippen LogP contribution is 2.21. The quantitative estimate of drug-likeness (QED) is 0.817. The van der Waals surface area contributed by atoms with E-state index in [-0.39, 0.29) is 5.82 Å². The molecule has 1 aliphatic rings. The number of oxazole rings is 1. The summed E-state index contributed by atoms with van der Waals surface area (Å²) in [7, 11) is 2.12. The lowest BCUT2D eigenvalue weighted by atomic mass is 10.2. The molecule has 1 atom stereocenters. The second-order valence-electron chi connectivity index (χ2n) is 6.27. The Hall–Kier alpha value is -1.72. The normalized spacial score (nSPS) is 18.9. The van der Waals surface area contributed by atoms with Crippen LogP contribution in [0.1, 0.15) is 25.5 Å². The first kappa shape index (κ1) is 16.1. The molecule has 0 bridgehead atoms. The van der Waals surface area contributed by atoms with E-state index in [1.165, 1.54) is 31.5 Å². The Morgan fingerprint density at radius 3 is 2.87 bits per heavy atom. The average molecular weight is 317 g/mol. The Bertz CT molecular complexity index is 625. The van der Waals surface area contributed by atoms with Crippen molar-refractivity contribution in [1.29, 1.82) is 0 Å². The molecule has 1 aliphatic heterocycles. The minimum absolute atomic E-state index is 0.252. The fraction of sp³-hybridized carbons (Fsp3) is 0.500. The van der Waals surface area contributed by atoms with E-state index in [0.29, 0.717) is 11.9 Å². The number of benzene rings is 1. The Morgan fingerprint density at radius 1 is 1.35 bits per heavy atom. The zero-order valence-electron chi connectivity index (χ0n) is 13.8. The van der Waals surface area contributed by atoms with Crippen molar-refractivity contribution in [1.82, 2.24) is 14.8 Å². The lowest BCUT2D eigenvalue weighted by molar-refractivity contribution is 0.193. The molecule has 5 heteroatoms. The number of halogens is 1. The molecule has 2 aromatic rings. The number of nitrogens with zero attached hydrogens (tertiary/aromatic N) is 3. The summed E-state index contributed by atoms with van der Waals surface area (Å²) in [6, 6.07) is 6.86. The smallest absolute Gasteiger partial charge is 0.226 e. The molecule has 1 fully saturated rings. The monoisotopic (exact) mass is 317 g/mol. The minimum Gasteiger partial charge on any atom is -0.444 e. The average Bonchev–Trinajstić information content (AvgIpc) is 3.17. The lowest BCUT2D eigenvalue weighted by Gasteiger charge is -2.27. The van der Waals surface area contributed by atoms with Crippen LogP contribution < -0.4 is 0 Å². The minimum atomic E-state index is -0.252. The van der Waals surface area contributed by atoms with E-state index in [9.17, 15) is 4.39 Å². The Labute approximate surface area is 136 Å². The maximum Gasteiger partial charge on any atom is 0.226 e. The van der Waals surface area contributed by atoms with E-state index in [2.05, 4.69) is 28.8 Å². The molecule has 1 aromatic heterocycles. The van der Waals surface area contributed by atoms with Crippen LogP contribution in [0.3, 0.4) is 0 Å². The first-order chi connectivity index (χ1) is 11.2. The predicted molar refractivity (Wildman–Crippen MR) is 88.5 cm³/mol. The summed E-state index contributed by atoms with van der Waals surface area (Å²) in [5.41, 5.74) is 1.71. The summed E-state index contributed by atoms with van der Waals surface area (Å²) in [5.74, 6) is 0.293. The van der Waals surface area contributed by atoms with Crippen molar-refractivity contribution in [2.75, 3.05) is 26.7 Å². The van der Waals surface area contributed by atoms with E-state index in [1.807, 2.05) is 0 Å². The number of hydrogen-bond acceptors (Lipinski definition) is 4. The molecule has 0 radical (unpaired) electrons. The van der Waals surface area contributed by atoms with Gasteiger partial charge in [0.25, 0.3) is 0 Å². The van der Waals surface area contributed by atoms with Crippen LogP contribution in [-0.2, 0) is 6.54 Å². The van der Waals surface area contributed by atoms with Crippen LogP contribution in [0.15, 0.2) is 34.9 Å². The Morgan fingerprint density at radius 2 is 2.13 bits per heavy atom. The maximum atomic E-state index is 13.0. The van der Waals surface area contributed by atoms with Gasteiger partial charge in [-0.05, 0) is 57.2 Å². The van der Waals surface area contributed by atoms with Crippen LogP contribution in [0.5, 0.6) is 0 Å². The number of likely N-dealkylation sites (tertiary alicyclic amines) is 1. The third-order valence-electron chi connectivity index (χ3n) is 4.50. The summed E-state index contributed by atoms with van der Waals surface area (Å²) in [6.45, 7) is 6.38. The third kappa shape index (κ3) is 3.98. The van der Waals surface area contributed by atoms with Gasteiger partial charge in [-0.25, -0.2) is 9.37 Å². The van der Waals surface area contributed by atoms with E-state index in [0.717, 1.165) is 30.9 Å². The van der Waals surface area contributed by atoms with Crippen LogP contribution in [0.4, 0.5) is 4.39 Å². The van der Waals surface area contributed by atoms with Gasteiger partial charge in [-0.1, -0.05) is 6.92 Å². The molecular formula is C18H24FN3O. The van der Waals surface area contributed by atoms with Gasteiger partial charge in [0.15, 0.2) is 0 Å².